The van der Waals surface area contributed by atoms with Crippen molar-refractivity contribution in [2.24, 2.45) is 11.3 Å². The van der Waals surface area contributed by atoms with Crippen LogP contribution in [0.25, 0.3) is 0 Å². The quantitative estimate of drug-likeness (QED) is 0.862. The average molecular weight is 280 g/mol. The number of nitrogens with zero attached hydrogens (tertiary/aromatic N) is 1. The molecule has 2 aliphatic rings. The summed E-state index contributed by atoms with van der Waals surface area (Å²) in [7, 11) is 0. The predicted molar refractivity (Wildman–Crippen MR) is 79.1 cm³/mol. The zero-order chi connectivity index (χ0) is 15.1. The Bertz CT molecular complexity index is 409. The van der Waals surface area contributed by atoms with Crippen LogP contribution >= 0.6 is 0 Å². The molecule has 1 saturated heterocycles. The van der Waals surface area contributed by atoms with Gasteiger partial charge in [0.2, 0.25) is 11.8 Å². The first-order valence-electron chi connectivity index (χ1n) is 7.83. The van der Waals surface area contributed by atoms with Crippen molar-refractivity contribution >= 4 is 11.8 Å². The first-order valence-corrected chi connectivity index (χ1v) is 7.83. The number of hydrogen-bond donors (Lipinski definition) is 1. The van der Waals surface area contributed by atoms with Crippen molar-refractivity contribution in [2.75, 3.05) is 6.54 Å². The number of nitrogens with one attached hydrogen (secondary N) is 1. The Balaban J connectivity index is 2.25. The molecule has 0 aromatic heterocycles. The van der Waals surface area contributed by atoms with Crippen molar-refractivity contribution in [3.63, 3.8) is 0 Å². The van der Waals surface area contributed by atoms with Gasteiger partial charge in [0.15, 0.2) is 0 Å². The van der Waals surface area contributed by atoms with Gasteiger partial charge < -0.3 is 10.2 Å². The maximum atomic E-state index is 12.9. The van der Waals surface area contributed by atoms with Gasteiger partial charge in [-0.2, -0.15) is 0 Å². The molecule has 114 valence electrons. The fourth-order valence-electron chi connectivity index (χ4n) is 3.13. The molecular formula is C16H28N2O2. The summed E-state index contributed by atoms with van der Waals surface area (Å²) in [6, 6.07) is -0.355. The number of rotatable bonds is 3. The molecular weight excluding hydrogens is 252 g/mol. The van der Waals surface area contributed by atoms with Crippen molar-refractivity contribution < 1.29 is 9.59 Å². The Morgan fingerprint density at radius 1 is 1.30 bits per heavy atom. The van der Waals surface area contributed by atoms with Crippen LogP contribution in [0.15, 0.2) is 0 Å². The Labute approximate surface area is 122 Å². The van der Waals surface area contributed by atoms with Gasteiger partial charge in [-0.05, 0) is 31.1 Å². The maximum Gasteiger partial charge on any atom is 0.249 e. The highest BCUT2D eigenvalue weighted by Crippen LogP contribution is 2.37. The Morgan fingerprint density at radius 3 is 2.35 bits per heavy atom. The lowest BCUT2D eigenvalue weighted by Gasteiger charge is -2.46. The Morgan fingerprint density at radius 2 is 1.85 bits per heavy atom. The third-order valence-corrected chi connectivity index (χ3v) is 5.48. The summed E-state index contributed by atoms with van der Waals surface area (Å²) in [4.78, 5) is 27.0. The van der Waals surface area contributed by atoms with E-state index in [-0.39, 0.29) is 23.3 Å². The molecule has 2 amide bonds. The SMILES string of the molecule is CC1C(=O)NC2(CCCC2)C(=O)N1CC(C)(C)C(C)C. The summed E-state index contributed by atoms with van der Waals surface area (Å²) >= 11 is 0. The van der Waals surface area contributed by atoms with E-state index in [2.05, 4.69) is 33.0 Å². The second-order valence-corrected chi connectivity index (χ2v) is 7.53. The zero-order valence-electron chi connectivity index (χ0n) is 13.5. The topological polar surface area (TPSA) is 49.4 Å². The summed E-state index contributed by atoms with van der Waals surface area (Å²) < 4.78 is 0. The lowest BCUT2D eigenvalue weighted by atomic mass is 9.79. The van der Waals surface area contributed by atoms with Crippen molar-refractivity contribution in [1.29, 1.82) is 0 Å². The van der Waals surface area contributed by atoms with E-state index >= 15 is 0 Å². The molecule has 1 saturated carbocycles. The highest BCUT2D eigenvalue weighted by atomic mass is 16.2. The Hall–Kier alpha value is -1.06. The number of amides is 2. The zero-order valence-corrected chi connectivity index (χ0v) is 13.5. The van der Waals surface area contributed by atoms with Crippen LogP contribution in [0, 0.1) is 11.3 Å². The summed E-state index contributed by atoms with van der Waals surface area (Å²) in [6.45, 7) is 11.2. The summed E-state index contributed by atoms with van der Waals surface area (Å²) in [5.41, 5.74) is -0.585. The molecule has 1 N–H and O–H groups in total. The van der Waals surface area contributed by atoms with E-state index in [9.17, 15) is 9.59 Å². The molecule has 0 bridgehead atoms. The molecule has 1 heterocycles. The molecule has 0 aromatic rings. The number of carbonyl (C=O) groups is 2. The third kappa shape index (κ3) is 2.45. The van der Waals surface area contributed by atoms with Crippen molar-refractivity contribution in [3.05, 3.63) is 0 Å². The molecule has 1 aliphatic carbocycles. The van der Waals surface area contributed by atoms with E-state index in [1.165, 1.54) is 0 Å². The number of carbonyl (C=O) groups excluding carboxylic acids is 2. The van der Waals surface area contributed by atoms with E-state index in [1.54, 1.807) is 0 Å². The van der Waals surface area contributed by atoms with Gasteiger partial charge in [-0.3, -0.25) is 9.59 Å². The minimum atomic E-state index is -0.601. The molecule has 20 heavy (non-hydrogen) atoms. The van der Waals surface area contributed by atoms with E-state index in [4.69, 9.17) is 0 Å². The smallest absolute Gasteiger partial charge is 0.249 e. The van der Waals surface area contributed by atoms with Crippen molar-refractivity contribution in [3.8, 4) is 0 Å². The molecule has 1 aliphatic heterocycles. The number of hydrogen-bond acceptors (Lipinski definition) is 2. The lowest BCUT2D eigenvalue weighted by Crippen LogP contribution is -2.69. The van der Waals surface area contributed by atoms with E-state index < -0.39 is 5.54 Å². The molecule has 1 unspecified atom stereocenters. The standard InChI is InChI=1S/C16H28N2O2/c1-11(2)15(4,5)10-18-12(3)13(19)17-16(14(18)20)8-6-7-9-16/h11-12H,6-10H2,1-5H3,(H,17,19). The second-order valence-electron chi connectivity index (χ2n) is 7.53. The van der Waals surface area contributed by atoms with Crippen molar-refractivity contribution in [1.82, 2.24) is 10.2 Å². The summed E-state index contributed by atoms with van der Waals surface area (Å²) in [5.74, 6) is 0.605. The second kappa shape index (κ2) is 5.05. The highest BCUT2D eigenvalue weighted by Gasteiger charge is 2.51. The van der Waals surface area contributed by atoms with Gasteiger partial charge in [0, 0.05) is 6.54 Å². The monoisotopic (exact) mass is 280 g/mol. The van der Waals surface area contributed by atoms with Crippen LogP contribution < -0.4 is 5.32 Å². The van der Waals surface area contributed by atoms with Crippen molar-refractivity contribution in [2.45, 2.75) is 71.9 Å². The van der Waals surface area contributed by atoms with E-state index in [0.717, 1.165) is 25.7 Å². The maximum absolute atomic E-state index is 12.9. The minimum absolute atomic E-state index is 0.00561. The summed E-state index contributed by atoms with van der Waals surface area (Å²) in [6.07, 6.45) is 3.65. The fourth-order valence-corrected chi connectivity index (χ4v) is 3.13. The van der Waals surface area contributed by atoms with Crippen LogP contribution in [-0.2, 0) is 9.59 Å². The van der Waals surface area contributed by atoms with Crippen LogP contribution in [-0.4, -0.2) is 34.8 Å². The molecule has 4 heteroatoms. The highest BCUT2D eigenvalue weighted by molar-refractivity contribution is 5.99. The van der Waals surface area contributed by atoms with Crippen LogP contribution in [0.3, 0.4) is 0 Å². The normalized spacial score (nSPS) is 26.5. The van der Waals surface area contributed by atoms with Gasteiger partial charge in [-0.1, -0.05) is 40.5 Å². The van der Waals surface area contributed by atoms with Crippen LogP contribution in [0.4, 0.5) is 0 Å². The van der Waals surface area contributed by atoms with Gasteiger partial charge in [0.05, 0.1) is 0 Å². The molecule has 2 fully saturated rings. The van der Waals surface area contributed by atoms with Gasteiger partial charge in [0.25, 0.3) is 0 Å². The van der Waals surface area contributed by atoms with Gasteiger partial charge in [0.1, 0.15) is 11.6 Å². The third-order valence-electron chi connectivity index (χ3n) is 5.48. The first kappa shape index (κ1) is 15.3. The van der Waals surface area contributed by atoms with Gasteiger partial charge >= 0.3 is 0 Å². The lowest BCUT2D eigenvalue weighted by molar-refractivity contribution is -0.156. The fraction of sp³-hybridized carbons (Fsp3) is 0.875. The molecule has 4 nitrogen and oxygen atoms in total. The summed E-state index contributed by atoms with van der Waals surface area (Å²) in [5, 5.41) is 3.01. The Kier molecular flexibility index (Phi) is 3.87. The minimum Gasteiger partial charge on any atom is -0.340 e. The average Bonchev–Trinajstić information content (AvgIpc) is 2.82. The largest absolute Gasteiger partial charge is 0.340 e. The van der Waals surface area contributed by atoms with E-state index in [0.29, 0.717) is 12.5 Å². The molecule has 0 radical (unpaired) electrons. The van der Waals surface area contributed by atoms with E-state index in [1.807, 2.05) is 11.8 Å². The van der Waals surface area contributed by atoms with Gasteiger partial charge in [-0.15, -0.1) is 0 Å². The molecule has 2 rings (SSSR count). The van der Waals surface area contributed by atoms with Crippen LogP contribution in [0.5, 0.6) is 0 Å². The predicted octanol–water partition coefficient (Wildman–Crippen LogP) is 2.33. The molecule has 1 atom stereocenters. The number of piperazine rings is 1. The van der Waals surface area contributed by atoms with Gasteiger partial charge in [-0.25, -0.2) is 0 Å². The molecule has 1 spiro atoms. The molecule has 0 aromatic carbocycles. The van der Waals surface area contributed by atoms with Crippen LogP contribution in [0.2, 0.25) is 0 Å². The first-order chi connectivity index (χ1) is 9.19. The van der Waals surface area contributed by atoms with Crippen LogP contribution in [0.1, 0.15) is 60.3 Å².